The van der Waals surface area contributed by atoms with Gasteiger partial charge in [0.05, 0.1) is 13.0 Å². The highest BCUT2D eigenvalue weighted by molar-refractivity contribution is 7.15. The highest BCUT2D eigenvalue weighted by Gasteiger charge is 2.15. The molecule has 1 aromatic heterocycles. The largest absolute Gasteiger partial charge is 0.466 e. The standard InChI is InChI=1S/C15H16ClNO2S/c1-2-19-15(18)9-12(17)14-7-6-13(20-14)10-4-3-5-11(16)8-10/h3-8,12H,2,9,17H2,1H3. The average molecular weight is 310 g/mol. The Hall–Kier alpha value is -1.36. The highest BCUT2D eigenvalue weighted by atomic mass is 35.5. The summed E-state index contributed by atoms with van der Waals surface area (Å²) in [5.74, 6) is -0.266. The van der Waals surface area contributed by atoms with Crippen LogP contribution in [0.15, 0.2) is 36.4 Å². The third-order valence-electron chi connectivity index (χ3n) is 2.79. The van der Waals surface area contributed by atoms with Crippen molar-refractivity contribution in [3.63, 3.8) is 0 Å². The van der Waals surface area contributed by atoms with Gasteiger partial charge in [0.1, 0.15) is 0 Å². The van der Waals surface area contributed by atoms with Gasteiger partial charge in [0.2, 0.25) is 0 Å². The van der Waals surface area contributed by atoms with E-state index in [1.165, 1.54) is 0 Å². The first-order valence-electron chi connectivity index (χ1n) is 6.37. The molecule has 0 aliphatic rings. The number of thiophene rings is 1. The molecule has 1 heterocycles. The Bertz CT molecular complexity index is 597. The maximum absolute atomic E-state index is 11.4. The summed E-state index contributed by atoms with van der Waals surface area (Å²) < 4.78 is 4.91. The number of hydrogen-bond acceptors (Lipinski definition) is 4. The van der Waals surface area contributed by atoms with Crippen LogP contribution in [0.3, 0.4) is 0 Å². The van der Waals surface area contributed by atoms with Gasteiger partial charge in [-0.3, -0.25) is 4.79 Å². The number of benzene rings is 1. The van der Waals surface area contributed by atoms with E-state index in [4.69, 9.17) is 22.1 Å². The molecule has 0 aliphatic carbocycles. The van der Waals surface area contributed by atoms with Crippen molar-refractivity contribution in [1.29, 1.82) is 0 Å². The second kappa shape index (κ2) is 6.88. The van der Waals surface area contributed by atoms with Crippen LogP contribution >= 0.6 is 22.9 Å². The molecule has 3 nitrogen and oxygen atoms in total. The smallest absolute Gasteiger partial charge is 0.307 e. The van der Waals surface area contributed by atoms with Gasteiger partial charge in [-0.25, -0.2) is 0 Å². The van der Waals surface area contributed by atoms with E-state index in [1.54, 1.807) is 18.3 Å². The van der Waals surface area contributed by atoms with Crippen LogP contribution in [0.25, 0.3) is 10.4 Å². The fraction of sp³-hybridized carbons (Fsp3) is 0.267. The van der Waals surface area contributed by atoms with Crippen LogP contribution in [-0.2, 0) is 9.53 Å². The Morgan fingerprint density at radius 1 is 1.40 bits per heavy atom. The molecule has 1 unspecified atom stereocenters. The number of nitrogens with two attached hydrogens (primary N) is 1. The lowest BCUT2D eigenvalue weighted by atomic mass is 10.1. The topological polar surface area (TPSA) is 52.3 Å². The van der Waals surface area contributed by atoms with Gasteiger partial charge in [0, 0.05) is 20.8 Å². The van der Waals surface area contributed by atoms with Gasteiger partial charge in [0.25, 0.3) is 0 Å². The zero-order chi connectivity index (χ0) is 14.5. The van der Waals surface area contributed by atoms with Crippen molar-refractivity contribution in [1.82, 2.24) is 0 Å². The molecule has 0 fully saturated rings. The quantitative estimate of drug-likeness (QED) is 0.849. The van der Waals surface area contributed by atoms with Crippen molar-refractivity contribution in [2.24, 2.45) is 5.73 Å². The Labute approximate surface area is 127 Å². The molecule has 0 radical (unpaired) electrons. The summed E-state index contributed by atoms with van der Waals surface area (Å²) in [6.45, 7) is 2.16. The molecule has 0 amide bonds. The molecule has 0 saturated carbocycles. The molecule has 0 spiro atoms. The molecular formula is C15H16ClNO2S. The van der Waals surface area contributed by atoms with E-state index in [1.807, 2.05) is 36.4 Å². The van der Waals surface area contributed by atoms with Gasteiger partial charge < -0.3 is 10.5 Å². The maximum atomic E-state index is 11.4. The minimum Gasteiger partial charge on any atom is -0.466 e. The van der Waals surface area contributed by atoms with Gasteiger partial charge in [-0.15, -0.1) is 11.3 Å². The minimum atomic E-state index is -0.327. The summed E-state index contributed by atoms with van der Waals surface area (Å²) >= 11 is 7.56. The molecule has 0 saturated heterocycles. The third-order valence-corrected chi connectivity index (χ3v) is 4.29. The van der Waals surface area contributed by atoms with Gasteiger partial charge in [-0.1, -0.05) is 23.7 Å². The fourth-order valence-electron chi connectivity index (χ4n) is 1.85. The van der Waals surface area contributed by atoms with Crippen molar-refractivity contribution in [3.8, 4) is 10.4 Å². The summed E-state index contributed by atoms with van der Waals surface area (Å²) in [6, 6.07) is 11.3. The normalized spacial score (nSPS) is 12.2. The predicted molar refractivity (Wildman–Crippen MR) is 82.9 cm³/mol. The zero-order valence-electron chi connectivity index (χ0n) is 11.1. The molecule has 0 bridgehead atoms. The Morgan fingerprint density at radius 2 is 2.20 bits per heavy atom. The number of carbonyl (C=O) groups is 1. The van der Waals surface area contributed by atoms with Gasteiger partial charge in [-0.05, 0) is 36.8 Å². The Morgan fingerprint density at radius 3 is 2.90 bits per heavy atom. The van der Waals surface area contributed by atoms with Crippen LogP contribution in [0.1, 0.15) is 24.3 Å². The van der Waals surface area contributed by atoms with Crippen LogP contribution in [0.5, 0.6) is 0 Å². The molecule has 1 atom stereocenters. The van der Waals surface area contributed by atoms with E-state index in [9.17, 15) is 4.79 Å². The van der Waals surface area contributed by atoms with Crippen molar-refractivity contribution in [2.45, 2.75) is 19.4 Å². The van der Waals surface area contributed by atoms with E-state index in [2.05, 4.69) is 0 Å². The fourth-order valence-corrected chi connectivity index (χ4v) is 3.04. The second-order valence-electron chi connectivity index (χ2n) is 4.33. The van der Waals surface area contributed by atoms with E-state index in [0.29, 0.717) is 11.6 Å². The molecule has 106 valence electrons. The lowest BCUT2D eigenvalue weighted by Crippen LogP contribution is -2.16. The molecule has 0 aliphatic heterocycles. The number of halogens is 1. The van der Waals surface area contributed by atoms with Crippen LogP contribution in [0.2, 0.25) is 5.02 Å². The van der Waals surface area contributed by atoms with Crippen molar-refractivity contribution < 1.29 is 9.53 Å². The van der Waals surface area contributed by atoms with E-state index < -0.39 is 0 Å². The van der Waals surface area contributed by atoms with Crippen LogP contribution < -0.4 is 5.73 Å². The SMILES string of the molecule is CCOC(=O)CC(N)c1ccc(-c2cccc(Cl)c2)s1. The van der Waals surface area contributed by atoms with Gasteiger partial charge >= 0.3 is 5.97 Å². The maximum Gasteiger partial charge on any atom is 0.307 e. The zero-order valence-corrected chi connectivity index (χ0v) is 12.7. The molecule has 1 aromatic carbocycles. The summed E-state index contributed by atoms with van der Waals surface area (Å²) in [7, 11) is 0. The third kappa shape index (κ3) is 3.82. The number of ether oxygens (including phenoxy) is 1. The molecule has 2 aromatic rings. The highest BCUT2D eigenvalue weighted by Crippen LogP contribution is 2.32. The van der Waals surface area contributed by atoms with E-state index in [0.717, 1.165) is 15.3 Å². The molecule has 5 heteroatoms. The van der Waals surface area contributed by atoms with Gasteiger partial charge in [0.15, 0.2) is 0 Å². The number of rotatable bonds is 5. The molecule has 20 heavy (non-hydrogen) atoms. The summed E-state index contributed by atoms with van der Waals surface area (Å²) in [5.41, 5.74) is 7.08. The molecular weight excluding hydrogens is 294 g/mol. The Kier molecular flexibility index (Phi) is 5.17. The first-order valence-corrected chi connectivity index (χ1v) is 7.56. The predicted octanol–water partition coefficient (Wildman–Crippen LogP) is 4.02. The van der Waals surface area contributed by atoms with Crippen LogP contribution in [-0.4, -0.2) is 12.6 Å². The lowest BCUT2D eigenvalue weighted by Gasteiger charge is -2.08. The van der Waals surface area contributed by atoms with E-state index >= 15 is 0 Å². The molecule has 2 N–H and O–H groups in total. The average Bonchev–Trinajstić information content (AvgIpc) is 2.88. The second-order valence-corrected chi connectivity index (χ2v) is 5.88. The van der Waals surface area contributed by atoms with Crippen LogP contribution in [0.4, 0.5) is 0 Å². The van der Waals surface area contributed by atoms with Crippen LogP contribution in [0, 0.1) is 0 Å². The van der Waals surface area contributed by atoms with E-state index in [-0.39, 0.29) is 18.4 Å². The first kappa shape index (κ1) is 15.0. The number of esters is 1. The minimum absolute atomic E-state index is 0.198. The summed E-state index contributed by atoms with van der Waals surface area (Å²) in [5, 5.41) is 0.702. The van der Waals surface area contributed by atoms with Gasteiger partial charge in [-0.2, -0.15) is 0 Å². The first-order chi connectivity index (χ1) is 9.60. The lowest BCUT2D eigenvalue weighted by molar-refractivity contribution is -0.143. The van der Waals surface area contributed by atoms with Crippen molar-refractivity contribution in [3.05, 3.63) is 46.3 Å². The van der Waals surface area contributed by atoms with Crippen molar-refractivity contribution >= 4 is 28.9 Å². The summed E-state index contributed by atoms with van der Waals surface area (Å²) in [4.78, 5) is 13.5. The van der Waals surface area contributed by atoms with Crippen molar-refractivity contribution in [2.75, 3.05) is 6.61 Å². The summed E-state index contributed by atoms with van der Waals surface area (Å²) in [6.07, 6.45) is 0.198. The number of carbonyl (C=O) groups excluding carboxylic acids is 1. The number of hydrogen-bond donors (Lipinski definition) is 1. The molecule has 2 rings (SSSR count). The Balaban J connectivity index is 2.10. The monoisotopic (exact) mass is 309 g/mol.